The van der Waals surface area contributed by atoms with E-state index in [0.717, 1.165) is 24.4 Å². The first-order chi connectivity index (χ1) is 8.69. The van der Waals surface area contributed by atoms with Crippen molar-refractivity contribution in [3.8, 4) is 0 Å². The predicted molar refractivity (Wildman–Crippen MR) is 75.2 cm³/mol. The largest absolute Gasteiger partial charge is 0.382 e. The molecule has 1 aromatic heterocycles. The molecule has 0 aliphatic heterocycles. The highest BCUT2D eigenvalue weighted by molar-refractivity contribution is 7.11. The highest BCUT2D eigenvalue weighted by Crippen LogP contribution is 2.38. The summed E-state index contributed by atoms with van der Waals surface area (Å²) in [4.78, 5) is 14.2. The summed E-state index contributed by atoms with van der Waals surface area (Å²) >= 11 is 1.34. The molecule has 6 heteroatoms. The molecule has 0 unspecified atom stereocenters. The van der Waals surface area contributed by atoms with Crippen LogP contribution in [0.1, 0.15) is 43.0 Å². The number of nitrogen functional groups attached to an aromatic ring is 1. The third-order valence-electron chi connectivity index (χ3n) is 3.16. The zero-order chi connectivity index (χ0) is 13.1. The van der Waals surface area contributed by atoms with E-state index in [9.17, 15) is 4.79 Å². The Kier molecular flexibility index (Phi) is 4.06. The molecule has 1 aliphatic rings. The van der Waals surface area contributed by atoms with Gasteiger partial charge >= 0.3 is 0 Å². The lowest BCUT2D eigenvalue weighted by atomic mass is 10.2. The molecule has 3 N–H and O–H groups in total. The quantitative estimate of drug-likeness (QED) is 0.826. The molecule has 100 valence electrons. The molecule has 0 saturated heterocycles. The molecule has 1 amide bonds. The van der Waals surface area contributed by atoms with Crippen LogP contribution < -0.4 is 16.0 Å². The average Bonchev–Trinajstić information content (AvgIpc) is 3.13. The second-order valence-electron chi connectivity index (χ2n) is 4.61. The summed E-state index contributed by atoms with van der Waals surface area (Å²) in [5, 5.41) is 3.57. The Labute approximate surface area is 112 Å². The SMILES string of the molecule is CCCCN(c1snc(N)c1C(=O)NC)C1CC1. The van der Waals surface area contributed by atoms with E-state index in [1.54, 1.807) is 7.05 Å². The van der Waals surface area contributed by atoms with Crippen molar-refractivity contribution >= 4 is 28.3 Å². The number of hydrogen-bond donors (Lipinski definition) is 2. The fourth-order valence-electron chi connectivity index (χ4n) is 1.99. The van der Waals surface area contributed by atoms with E-state index in [1.165, 1.54) is 24.4 Å². The van der Waals surface area contributed by atoms with Crippen molar-refractivity contribution in [1.29, 1.82) is 0 Å². The van der Waals surface area contributed by atoms with E-state index in [0.29, 0.717) is 17.4 Å². The monoisotopic (exact) mass is 268 g/mol. The van der Waals surface area contributed by atoms with Crippen molar-refractivity contribution in [3.05, 3.63) is 5.56 Å². The number of rotatable bonds is 6. The van der Waals surface area contributed by atoms with E-state index < -0.39 is 0 Å². The van der Waals surface area contributed by atoms with E-state index in [2.05, 4.69) is 21.5 Å². The maximum Gasteiger partial charge on any atom is 0.257 e. The molecule has 0 radical (unpaired) electrons. The molecular weight excluding hydrogens is 248 g/mol. The average molecular weight is 268 g/mol. The Balaban J connectivity index is 2.26. The Morgan fingerprint density at radius 1 is 1.61 bits per heavy atom. The summed E-state index contributed by atoms with van der Waals surface area (Å²) in [5.41, 5.74) is 6.36. The van der Waals surface area contributed by atoms with Gasteiger partial charge in [0.15, 0.2) is 5.82 Å². The number of anilines is 2. The van der Waals surface area contributed by atoms with E-state index >= 15 is 0 Å². The van der Waals surface area contributed by atoms with Gasteiger partial charge in [-0.15, -0.1) is 0 Å². The molecule has 0 aromatic carbocycles. The fourth-order valence-corrected chi connectivity index (χ4v) is 2.90. The Morgan fingerprint density at radius 3 is 2.89 bits per heavy atom. The molecule has 0 atom stereocenters. The summed E-state index contributed by atoms with van der Waals surface area (Å²) in [6.07, 6.45) is 4.68. The van der Waals surface area contributed by atoms with Crippen molar-refractivity contribution in [2.45, 2.75) is 38.6 Å². The van der Waals surface area contributed by atoms with Gasteiger partial charge in [-0.3, -0.25) is 4.79 Å². The van der Waals surface area contributed by atoms with Crippen LogP contribution in [0.4, 0.5) is 10.8 Å². The van der Waals surface area contributed by atoms with Gasteiger partial charge in [-0.2, -0.15) is 4.37 Å². The number of carbonyl (C=O) groups excluding carboxylic acids is 1. The second-order valence-corrected chi connectivity index (χ2v) is 5.36. The molecule has 1 saturated carbocycles. The van der Waals surface area contributed by atoms with Crippen molar-refractivity contribution in [2.75, 3.05) is 24.2 Å². The third-order valence-corrected chi connectivity index (χ3v) is 4.06. The topological polar surface area (TPSA) is 71.2 Å². The van der Waals surface area contributed by atoms with Crippen LogP contribution in [-0.4, -0.2) is 29.9 Å². The van der Waals surface area contributed by atoms with Gasteiger partial charge in [-0.1, -0.05) is 13.3 Å². The summed E-state index contributed by atoms with van der Waals surface area (Å²) in [5.74, 6) is 0.204. The minimum Gasteiger partial charge on any atom is -0.382 e. The van der Waals surface area contributed by atoms with Crippen LogP contribution in [0, 0.1) is 0 Å². The van der Waals surface area contributed by atoms with Gasteiger partial charge in [-0.25, -0.2) is 0 Å². The molecule has 5 nitrogen and oxygen atoms in total. The third kappa shape index (κ3) is 2.58. The first-order valence-electron chi connectivity index (χ1n) is 6.42. The van der Waals surface area contributed by atoms with Crippen LogP contribution in [0.5, 0.6) is 0 Å². The zero-order valence-electron chi connectivity index (χ0n) is 10.9. The van der Waals surface area contributed by atoms with Gasteiger partial charge in [0.25, 0.3) is 5.91 Å². The van der Waals surface area contributed by atoms with E-state index in [-0.39, 0.29) is 5.91 Å². The van der Waals surface area contributed by atoms with E-state index in [4.69, 9.17) is 5.73 Å². The van der Waals surface area contributed by atoms with Crippen molar-refractivity contribution in [2.24, 2.45) is 0 Å². The van der Waals surface area contributed by atoms with Gasteiger partial charge < -0.3 is 16.0 Å². The van der Waals surface area contributed by atoms with Crippen LogP contribution in [0.15, 0.2) is 0 Å². The van der Waals surface area contributed by atoms with Crippen molar-refractivity contribution < 1.29 is 4.79 Å². The number of hydrogen-bond acceptors (Lipinski definition) is 5. The first-order valence-corrected chi connectivity index (χ1v) is 7.20. The van der Waals surface area contributed by atoms with Gasteiger partial charge in [0.1, 0.15) is 10.6 Å². The molecule has 0 bridgehead atoms. The van der Waals surface area contributed by atoms with Crippen LogP contribution in [-0.2, 0) is 0 Å². The molecular formula is C12H20N4OS. The van der Waals surface area contributed by atoms with Crippen molar-refractivity contribution in [1.82, 2.24) is 9.69 Å². The molecule has 18 heavy (non-hydrogen) atoms. The Morgan fingerprint density at radius 2 is 2.33 bits per heavy atom. The number of nitrogens with one attached hydrogen (secondary N) is 1. The lowest BCUT2D eigenvalue weighted by molar-refractivity contribution is 0.0964. The Hall–Kier alpha value is -1.30. The fraction of sp³-hybridized carbons (Fsp3) is 0.667. The van der Waals surface area contributed by atoms with Crippen LogP contribution >= 0.6 is 11.5 Å². The summed E-state index contributed by atoms with van der Waals surface area (Å²) in [7, 11) is 1.62. The molecule has 0 spiro atoms. The van der Waals surface area contributed by atoms with Crippen LogP contribution in [0.25, 0.3) is 0 Å². The molecule has 1 aliphatic carbocycles. The van der Waals surface area contributed by atoms with Gasteiger partial charge in [0.05, 0.1) is 0 Å². The normalized spacial score (nSPS) is 14.6. The number of nitrogens with zero attached hydrogens (tertiary/aromatic N) is 2. The molecule has 1 fully saturated rings. The first kappa shape index (κ1) is 13.1. The smallest absolute Gasteiger partial charge is 0.257 e. The highest BCUT2D eigenvalue weighted by atomic mass is 32.1. The van der Waals surface area contributed by atoms with Crippen LogP contribution in [0.2, 0.25) is 0 Å². The number of amides is 1. The van der Waals surface area contributed by atoms with Gasteiger partial charge in [-0.05, 0) is 30.8 Å². The second kappa shape index (κ2) is 5.56. The highest BCUT2D eigenvalue weighted by Gasteiger charge is 2.33. The number of aromatic nitrogens is 1. The standard InChI is InChI=1S/C12H20N4OS/c1-3-4-7-16(8-5-6-8)12-9(11(17)14-2)10(13)15-18-12/h8H,3-7H2,1-2H3,(H2,13,15)(H,14,17). The minimum atomic E-state index is -0.140. The lowest BCUT2D eigenvalue weighted by Gasteiger charge is -2.23. The van der Waals surface area contributed by atoms with Gasteiger partial charge in [0.2, 0.25) is 0 Å². The van der Waals surface area contributed by atoms with Crippen molar-refractivity contribution in [3.63, 3.8) is 0 Å². The molecule has 1 heterocycles. The van der Waals surface area contributed by atoms with Crippen LogP contribution in [0.3, 0.4) is 0 Å². The summed E-state index contributed by atoms with van der Waals surface area (Å²) < 4.78 is 4.14. The number of unbranched alkanes of at least 4 members (excludes halogenated alkanes) is 1. The zero-order valence-corrected chi connectivity index (χ0v) is 11.7. The summed E-state index contributed by atoms with van der Waals surface area (Å²) in [6.45, 7) is 3.15. The maximum atomic E-state index is 11.9. The lowest BCUT2D eigenvalue weighted by Crippen LogP contribution is -2.29. The molecule has 2 rings (SSSR count). The summed E-state index contributed by atoms with van der Waals surface area (Å²) in [6, 6.07) is 0.569. The Bertz CT molecular complexity index is 428. The van der Waals surface area contributed by atoms with E-state index in [1.807, 2.05) is 0 Å². The molecule has 1 aromatic rings. The predicted octanol–water partition coefficient (Wildman–Crippen LogP) is 1.85. The number of carbonyl (C=O) groups is 1. The minimum absolute atomic E-state index is 0.140. The number of nitrogens with two attached hydrogens (primary N) is 1. The maximum absolute atomic E-state index is 11.9. The van der Waals surface area contributed by atoms with Gasteiger partial charge in [0, 0.05) is 19.6 Å².